The van der Waals surface area contributed by atoms with Crippen LogP contribution in [0, 0.1) is 6.92 Å². The maximum atomic E-state index is 11.2. The van der Waals surface area contributed by atoms with Gasteiger partial charge in [-0.1, -0.05) is 6.92 Å². The van der Waals surface area contributed by atoms with E-state index in [1.54, 1.807) is 6.20 Å². The smallest absolute Gasteiger partial charge is 0.252 e. The van der Waals surface area contributed by atoms with Gasteiger partial charge in [-0.25, -0.2) is 0 Å². The Morgan fingerprint density at radius 1 is 1.67 bits per heavy atom. The summed E-state index contributed by atoms with van der Waals surface area (Å²) in [6.07, 6.45) is 2.47. The lowest BCUT2D eigenvalue weighted by Crippen LogP contribution is -2.21. The van der Waals surface area contributed by atoms with Crippen LogP contribution in [0.25, 0.3) is 0 Å². The molecule has 0 spiro atoms. The minimum Gasteiger partial charge on any atom is -0.329 e. The highest BCUT2D eigenvalue weighted by atomic mass is 16.1. The standard InChI is InChI=1S/C9H14N2O/c1-3-8(10)7-4-6(2)5-11-9(7)12/h4-5,8H,3,10H2,1-2H3,(H,11,12)/t8-/m1/s1. The number of hydrogen-bond acceptors (Lipinski definition) is 2. The number of pyridine rings is 1. The van der Waals surface area contributed by atoms with Gasteiger partial charge < -0.3 is 10.7 Å². The molecule has 12 heavy (non-hydrogen) atoms. The van der Waals surface area contributed by atoms with Gasteiger partial charge in [-0.15, -0.1) is 0 Å². The van der Waals surface area contributed by atoms with Gasteiger partial charge >= 0.3 is 0 Å². The molecule has 3 N–H and O–H groups in total. The van der Waals surface area contributed by atoms with Crippen molar-refractivity contribution in [3.63, 3.8) is 0 Å². The molecule has 0 amide bonds. The molecule has 0 radical (unpaired) electrons. The second-order valence-corrected chi connectivity index (χ2v) is 2.98. The van der Waals surface area contributed by atoms with Crippen LogP contribution < -0.4 is 11.3 Å². The van der Waals surface area contributed by atoms with Crippen molar-refractivity contribution in [2.45, 2.75) is 26.3 Å². The van der Waals surface area contributed by atoms with E-state index in [1.807, 2.05) is 19.9 Å². The lowest BCUT2D eigenvalue weighted by atomic mass is 10.1. The average molecular weight is 166 g/mol. The lowest BCUT2D eigenvalue weighted by Gasteiger charge is -2.07. The zero-order valence-electron chi connectivity index (χ0n) is 7.42. The van der Waals surface area contributed by atoms with Crippen LogP contribution in [0.3, 0.4) is 0 Å². The molecule has 0 fully saturated rings. The molecule has 1 aromatic rings. The molecule has 3 nitrogen and oxygen atoms in total. The van der Waals surface area contributed by atoms with Crippen LogP contribution in [0.2, 0.25) is 0 Å². The van der Waals surface area contributed by atoms with Crippen LogP contribution in [0.5, 0.6) is 0 Å². The third-order valence-corrected chi connectivity index (χ3v) is 1.92. The van der Waals surface area contributed by atoms with Crippen LogP contribution in [0.15, 0.2) is 17.1 Å². The summed E-state index contributed by atoms with van der Waals surface area (Å²) in [7, 11) is 0. The number of nitrogens with two attached hydrogens (primary N) is 1. The Balaban J connectivity index is 3.13. The van der Waals surface area contributed by atoms with Crippen molar-refractivity contribution in [2.75, 3.05) is 0 Å². The summed E-state index contributed by atoms with van der Waals surface area (Å²) in [4.78, 5) is 13.9. The Bertz CT molecular complexity index is 317. The Morgan fingerprint density at radius 3 is 2.92 bits per heavy atom. The third-order valence-electron chi connectivity index (χ3n) is 1.92. The van der Waals surface area contributed by atoms with E-state index in [-0.39, 0.29) is 11.6 Å². The van der Waals surface area contributed by atoms with Gasteiger partial charge in [0.05, 0.1) is 0 Å². The van der Waals surface area contributed by atoms with E-state index in [1.165, 1.54) is 0 Å². The maximum Gasteiger partial charge on any atom is 0.252 e. The summed E-state index contributed by atoms with van der Waals surface area (Å²) in [5, 5.41) is 0. The molecule has 0 aliphatic carbocycles. The maximum absolute atomic E-state index is 11.2. The fraction of sp³-hybridized carbons (Fsp3) is 0.444. The summed E-state index contributed by atoms with van der Waals surface area (Å²) in [5.41, 5.74) is 7.38. The largest absolute Gasteiger partial charge is 0.329 e. The molecule has 1 rings (SSSR count). The highest BCUT2D eigenvalue weighted by molar-refractivity contribution is 5.19. The molecule has 1 heterocycles. The Kier molecular flexibility index (Phi) is 2.65. The Morgan fingerprint density at radius 2 is 2.33 bits per heavy atom. The van der Waals surface area contributed by atoms with Gasteiger partial charge in [-0.3, -0.25) is 4.79 Å². The second-order valence-electron chi connectivity index (χ2n) is 2.98. The molecule has 0 aliphatic rings. The first kappa shape index (κ1) is 9.00. The fourth-order valence-electron chi connectivity index (χ4n) is 1.11. The van der Waals surface area contributed by atoms with Crippen LogP contribution in [0.4, 0.5) is 0 Å². The van der Waals surface area contributed by atoms with Gasteiger partial charge in [0.15, 0.2) is 0 Å². The number of H-pyrrole nitrogens is 1. The van der Waals surface area contributed by atoms with E-state index in [0.717, 1.165) is 12.0 Å². The van der Waals surface area contributed by atoms with Crippen molar-refractivity contribution in [3.8, 4) is 0 Å². The second kappa shape index (κ2) is 3.54. The number of hydrogen-bond donors (Lipinski definition) is 2. The minimum atomic E-state index is -0.145. The van der Waals surface area contributed by atoms with Gasteiger partial charge in [0, 0.05) is 17.8 Å². The summed E-state index contributed by atoms with van der Waals surface area (Å²) in [5.74, 6) is 0. The third kappa shape index (κ3) is 1.74. The molecule has 1 atom stereocenters. The molecule has 66 valence electrons. The average Bonchev–Trinajstić information content (AvgIpc) is 2.08. The Hall–Kier alpha value is -1.09. The number of aromatic amines is 1. The van der Waals surface area contributed by atoms with Crippen LogP contribution in [0.1, 0.15) is 30.5 Å². The van der Waals surface area contributed by atoms with Gasteiger partial charge in [0.1, 0.15) is 0 Å². The molecule has 0 aliphatic heterocycles. The quantitative estimate of drug-likeness (QED) is 0.691. The summed E-state index contributed by atoms with van der Waals surface area (Å²) >= 11 is 0. The van der Waals surface area contributed by atoms with E-state index in [9.17, 15) is 4.79 Å². The van der Waals surface area contributed by atoms with E-state index in [0.29, 0.717) is 5.56 Å². The molecule has 1 aromatic heterocycles. The van der Waals surface area contributed by atoms with E-state index < -0.39 is 0 Å². The number of aryl methyl sites for hydroxylation is 1. The lowest BCUT2D eigenvalue weighted by molar-refractivity contribution is 0.687. The van der Waals surface area contributed by atoms with Crippen molar-refractivity contribution in [2.24, 2.45) is 5.73 Å². The highest BCUT2D eigenvalue weighted by Gasteiger charge is 2.07. The van der Waals surface area contributed by atoms with E-state index >= 15 is 0 Å². The molecule has 0 saturated carbocycles. The first-order valence-corrected chi connectivity index (χ1v) is 4.10. The van der Waals surface area contributed by atoms with Crippen molar-refractivity contribution < 1.29 is 0 Å². The van der Waals surface area contributed by atoms with Crippen molar-refractivity contribution in [1.29, 1.82) is 0 Å². The normalized spacial score (nSPS) is 12.9. The van der Waals surface area contributed by atoms with Crippen molar-refractivity contribution in [3.05, 3.63) is 33.7 Å². The first-order chi connectivity index (χ1) is 5.65. The molecule has 0 aromatic carbocycles. The van der Waals surface area contributed by atoms with Gasteiger partial charge in [-0.2, -0.15) is 0 Å². The SMILES string of the molecule is CC[C@@H](N)c1cc(C)c[nH]c1=O. The monoisotopic (exact) mass is 166 g/mol. The minimum absolute atomic E-state index is 0.0741. The van der Waals surface area contributed by atoms with Crippen LogP contribution in [-0.2, 0) is 0 Å². The number of aromatic nitrogens is 1. The summed E-state index contributed by atoms with van der Waals surface area (Å²) in [6.45, 7) is 3.90. The first-order valence-electron chi connectivity index (χ1n) is 4.10. The summed E-state index contributed by atoms with van der Waals surface area (Å²) < 4.78 is 0. The van der Waals surface area contributed by atoms with Crippen molar-refractivity contribution in [1.82, 2.24) is 4.98 Å². The van der Waals surface area contributed by atoms with Crippen LogP contribution in [-0.4, -0.2) is 4.98 Å². The molecule has 0 saturated heterocycles. The zero-order valence-corrected chi connectivity index (χ0v) is 7.42. The van der Waals surface area contributed by atoms with Gasteiger partial charge in [0.25, 0.3) is 5.56 Å². The fourth-order valence-corrected chi connectivity index (χ4v) is 1.11. The summed E-state index contributed by atoms with van der Waals surface area (Å²) in [6, 6.07) is 1.70. The predicted octanol–water partition coefficient (Wildman–Crippen LogP) is 1.09. The van der Waals surface area contributed by atoms with Gasteiger partial charge in [-0.05, 0) is 25.0 Å². The van der Waals surface area contributed by atoms with E-state index in [4.69, 9.17) is 5.73 Å². The molecule has 0 bridgehead atoms. The number of nitrogens with one attached hydrogen (secondary N) is 1. The molecule has 3 heteroatoms. The van der Waals surface area contributed by atoms with E-state index in [2.05, 4.69) is 4.98 Å². The molecular weight excluding hydrogens is 152 g/mol. The van der Waals surface area contributed by atoms with Crippen molar-refractivity contribution >= 4 is 0 Å². The Labute approximate surface area is 71.6 Å². The predicted molar refractivity (Wildman–Crippen MR) is 49.0 cm³/mol. The topological polar surface area (TPSA) is 58.9 Å². The number of rotatable bonds is 2. The zero-order chi connectivity index (χ0) is 9.14. The van der Waals surface area contributed by atoms with Gasteiger partial charge in [0.2, 0.25) is 0 Å². The molecule has 0 unspecified atom stereocenters. The molecular formula is C9H14N2O. The van der Waals surface area contributed by atoms with Crippen LogP contribution >= 0.6 is 0 Å². The highest BCUT2D eigenvalue weighted by Crippen LogP contribution is 2.08.